The van der Waals surface area contributed by atoms with Crippen molar-refractivity contribution in [2.45, 2.75) is 12.7 Å². The predicted molar refractivity (Wildman–Crippen MR) is 79.0 cm³/mol. The highest BCUT2D eigenvalue weighted by Crippen LogP contribution is 2.33. The van der Waals surface area contributed by atoms with Crippen LogP contribution in [0.15, 0.2) is 42.6 Å². The minimum Gasteiger partial charge on any atom is -0.342 e. The third-order valence-corrected chi connectivity index (χ3v) is 3.69. The van der Waals surface area contributed by atoms with Crippen LogP contribution in [0.4, 0.5) is 13.2 Å². The van der Waals surface area contributed by atoms with Crippen LogP contribution in [0, 0.1) is 0 Å². The van der Waals surface area contributed by atoms with Crippen LogP contribution in [0.3, 0.4) is 0 Å². The second kappa shape index (κ2) is 5.14. The number of pyridine rings is 1. The van der Waals surface area contributed by atoms with Crippen LogP contribution in [-0.4, -0.2) is 9.55 Å². The van der Waals surface area contributed by atoms with Crippen LogP contribution in [0.1, 0.15) is 11.1 Å². The van der Waals surface area contributed by atoms with E-state index in [0.717, 1.165) is 28.9 Å². The Morgan fingerprint density at radius 2 is 1.91 bits per heavy atom. The molecule has 3 nitrogen and oxygen atoms in total. The maximum atomic E-state index is 12.8. The molecule has 0 aliphatic carbocycles. The van der Waals surface area contributed by atoms with Gasteiger partial charge in [0.2, 0.25) is 0 Å². The van der Waals surface area contributed by atoms with Crippen molar-refractivity contribution < 1.29 is 13.2 Å². The van der Waals surface area contributed by atoms with E-state index in [9.17, 15) is 13.2 Å². The van der Waals surface area contributed by atoms with Gasteiger partial charge in [-0.2, -0.15) is 13.2 Å². The van der Waals surface area contributed by atoms with Gasteiger partial charge in [-0.3, -0.25) is 4.98 Å². The van der Waals surface area contributed by atoms with Crippen molar-refractivity contribution in [2.24, 2.45) is 12.8 Å². The van der Waals surface area contributed by atoms with Crippen LogP contribution < -0.4 is 5.73 Å². The number of benzene rings is 1. The Kier molecular flexibility index (Phi) is 3.41. The van der Waals surface area contributed by atoms with E-state index in [2.05, 4.69) is 4.98 Å². The summed E-state index contributed by atoms with van der Waals surface area (Å²) in [6.07, 6.45) is -2.70. The van der Waals surface area contributed by atoms with Gasteiger partial charge in [0.25, 0.3) is 0 Å². The number of hydrogen-bond donors (Lipinski definition) is 1. The van der Waals surface area contributed by atoms with Gasteiger partial charge < -0.3 is 10.3 Å². The van der Waals surface area contributed by atoms with Crippen molar-refractivity contribution in [3.8, 4) is 11.4 Å². The smallest absolute Gasteiger partial charge is 0.342 e. The zero-order valence-electron chi connectivity index (χ0n) is 11.9. The fraction of sp³-hybridized carbons (Fsp3) is 0.188. The standard InChI is InChI=1S/C16H14F3N3/c1-22-14-3-2-12(16(17,18)19)7-11(14)8-15(22)13-6-10(9-20)4-5-21-13/h2-8H,9,20H2,1H3. The number of aromatic nitrogens is 2. The molecule has 0 saturated carbocycles. The largest absolute Gasteiger partial charge is 0.416 e. The molecule has 1 aromatic carbocycles. The zero-order chi connectivity index (χ0) is 15.9. The van der Waals surface area contributed by atoms with Crippen LogP contribution >= 0.6 is 0 Å². The molecule has 114 valence electrons. The molecule has 2 heterocycles. The summed E-state index contributed by atoms with van der Waals surface area (Å²) in [4.78, 5) is 4.29. The number of fused-ring (bicyclic) bond motifs is 1. The lowest BCUT2D eigenvalue weighted by molar-refractivity contribution is -0.137. The van der Waals surface area contributed by atoms with Crippen LogP contribution in [-0.2, 0) is 19.8 Å². The van der Waals surface area contributed by atoms with E-state index in [1.54, 1.807) is 12.3 Å². The van der Waals surface area contributed by atoms with Crippen molar-refractivity contribution >= 4 is 10.9 Å². The fourth-order valence-corrected chi connectivity index (χ4v) is 2.51. The van der Waals surface area contributed by atoms with Gasteiger partial charge in [-0.15, -0.1) is 0 Å². The Balaban J connectivity index is 2.17. The van der Waals surface area contributed by atoms with Gasteiger partial charge in [0.15, 0.2) is 0 Å². The van der Waals surface area contributed by atoms with Gasteiger partial charge in [0.05, 0.1) is 17.0 Å². The van der Waals surface area contributed by atoms with Crippen molar-refractivity contribution in [3.05, 3.63) is 53.7 Å². The first-order valence-corrected chi connectivity index (χ1v) is 6.72. The molecule has 0 atom stereocenters. The first-order valence-electron chi connectivity index (χ1n) is 6.72. The third kappa shape index (κ3) is 2.46. The van der Waals surface area contributed by atoms with Gasteiger partial charge >= 0.3 is 6.18 Å². The lowest BCUT2D eigenvalue weighted by Gasteiger charge is -2.07. The van der Waals surface area contributed by atoms with Gasteiger partial charge in [-0.1, -0.05) is 0 Å². The average Bonchev–Trinajstić information content (AvgIpc) is 2.83. The summed E-state index contributed by atoms with van der Waals surface area (Å²) < 4.78 is 40.3. The summed E-state index contributed by atoms with van der Waals surface area (Å²) in [6.45, 7) is 0.387. The van der Waals surface area contributed by atoms with E-state index >= 15 is 0 Å². The van der Waals surface area contributed by atoms with E-state index in [-0.39, 0.29) is 0 Å². The number of nitrogens with zero attached hydrogens (tertiary/aromatic N) is 2. The van der Waals surface area contributed by atoms with E-state index in [4.69, 9.17) is 5.73 Å². The molecule has 0 aliphatic rings. The quantitative estimate of drug-likeness (QED) is 0.784. The molecule has 0 amide bonds. The van der Waals surface area contributed by atoms with Crippen molar-refractivity contribution in [1.29, 1.82) is 0 Å². The molecule has 2 N–H and O–H groups in total. The Morgan fingerprint density at radius 1 is 1.14 bits per heavy atom. The first-order chi connectivity index (χ1) is 10.4. The molecule has 0 fully saturated rings. The maximum absolute atomic E-state index is 12.8. The molecular weight excluding hydrogens is 291 g/mol. The van der Waals surface area contributed by atoms with Crippen molar-refractivity contribution in [3.63, 3.8) is 0 Å². The minimum atomic E-state index is -4.35. The molecule has 0 radical (unpaired) electrons. The number of hydrogen-bond acceptors (Lipinski definition) is 2. The Labute approximate surface area is 125 Å². The number of nitrogens with two attached hydrogens (primary N) is 1. The van der Waals surface area contributed by atoms with Gasteiger partial charge in [0, 0.05) is 30.7 Å². The van der Waals surface area contributed by atoms with Gasteiger partial charge in [-0.05, 0) is 42.0 Å². The molecule has 22 heavy (non-hydrogen) atoms. The SMILES string of the molecule is Cn1c(-c2cc(CN)ccn2)cc2cc(C(F)(F)F)ccc21. The molecule has 2 aromatic heterocycles. The second-order valence-electron chi connectivity index (χ2n) is 5.11. The van der Waals surface area contributed by atoms with E-state index in [0.29, 0.717) is 17.6 Å². The Morgan fingerprint density at radius 3 is 2.59 bits per heavy atom. The van der Waals surface area contributed by atoms with E-state index in [1.807, 2.05) is 23.7 Å². The maximum Gasteiger partial charge on any atom is 0.416 e. The number of alkyl halides is 3. The lowest BCUT2D eigenvalue weighted by Crippen LogP contribution is -2.04. The summed E-state index contributed by atoms with van der Waals surface area (Å²) in [5, 5.41) is 0.535. The highest BCUT2D eigenvalue weighted by molar-refractivity contribution is 5.87. The molecule has 0 spiro atoms. The lowest BCUT2D eigenvalue weighted by atomic mass is 10.1. The topological polar surface area (TPSA) is 43.8 Å². The highest BCUT2D eigenvalue weighted by Gasteiger charge is 2.30. The van der Waals surface area contributed by atoms with Crippen LogP contribution in [0.25, 0.3) is 22.3 Å². The zero-order valence-corrected chi connectivity index (χ0v) is 11.9. The summed E-state index contributed by atoms with van der Waals surface area (Å²) in [5.74, 6) is 0. The van der Waals surface area contributed by atoms with Crippen molar-refractivity contribution in [2.75, 3.05) is 0 Å². The molecule has 0 bridgehead atoms. The highest BCUT2D eigenvalue weighted by atomic mass is 19.4. The van der Waals surface area contributed by atoms with Crippen LogP contribution in [0.5, 0.6) is 0 Å². The number of rotatable bonds is 2. The van der Waals surface area contributed by atoms with E-state index < -0.39 is 11.7 Å². The molecule has 0 aliphatic heterocycles. The Hall–Kier alpha value is -2.34. The van der Waals surface area contributed by atoms with Gasteiger partial charge in [0.1, 0.15) is 0 Å². The van der Waals surface area contributed by atoms with Crippen molar-refractivity contribution in [1.82, 2.24) is 9.55 Å². The first kappa shape index (κ1) is 14.6. The summed E-state index contributed by atoms with van der Waals surface area (Å²) in [7, 11) is 1.81. The molecule has 0 saturated heterocycles. The monoisotopic (exact) mass is 305 g/mol. The summed E-state index contributed by atoms with van der Waals surface area (Å²) >= 11 is 0. The summed E-state index contributed by atoms with van der Waals surface area (Å²) in [6, 6.07) is 9.11. The molecule has 3 rings (SSSR count). The van der Waals surface area contributed by atoms with Gasteiger partial charge in [-0.25, -0.2) is 0 Å². The molecular formula is C16H14F3N3. The summed E-state index contributed by atoms with van der Waals surface area (Å²) in [5.41, 5.74) is 8.06. The normalized spacial score (nSPS) is 12.0. The fourth-order valence-electron chi connectivity index (χ4n) is 2.51. The number of aryl methyl sites for hydroxylation is 1. The third-order valence-electron chi connectivity index (χ3n) is 3.69. The van der Waals surface area contributed by atoms with E-state index in [1.165, 1.54) is 6.07 Å². The predicted octanol–water partition coefficient (Wildman–Crippen LogP) is 3.72. The molecule has 0 unspecified atom stereocenters. The Bertz CT molecular complexity index is 834. The minimum absolute atomic E-state index is 0.387. The molecule has 3 aromatic rings. The van der Waals surface area contributed by atoms with Crippen LogP contribution in [0.2, 0.25) is 0 Å². The number of halogens is 3. The second-order valence-corrected chi connectivity index (χ2v) is 5.11. The average molecular weight is 305 g/mol. The molecule has 6 heteroatoms.